The maximum Gasteiger partial charge on any atom is 0.255 e. The fraction of sp³-hybridized carbons (Fsp3) is 0.111. The SMILES string of the molecule is CC1=C(C(=O)Nc2ccc(Br)cc2)[C@H](c2ccccc2)NC(=S)N1. The lowest BCUT2D eigenvalue weighted by Crippen LogP contribution is -2.45. The van der Waals surface area contributed by atoms with Crippen LogP contribution in [0.5, 0.6) is 0 Å². The molecule has 1 atom stereocenters. The first-order chi connectivity index (χ1) is 11.5. The molecule has 6 heteroatoms. The summed E-state index contributed by atoms with van der Waals surface area (Å²) >= 11 is 8.64. The first-order valence-corrected chi connectivity index (χ1v) is 8.65. The molecule has 3 N–H and O–H groups in total. The molecular formula is C18H16BrN3OS. The summed E-state index contributed by atoms with van der Waals surface area (Å²) in [6.45, 7) is 1.86. The van der Waals surface area contributed by atoms with E-state index in [-0.39, 0.29) is 11.9 Å². The number of allylic oxidation sites excluding steroid dienone is 1. The van der Waals surface area contributed by atoms with Gasteiger partial charge in [0, 0.05) is 15.9 Å². The fourth-order valence-corrected chi connectivity index (χ4v) is 3.16. The Morgan fingerprint density at radius 1 is 1.12 bits per heavy atom. The minimum Gasteiger partial charge on any atom is -0.351 e. The van der Waals surface area contributed by atoms with Crippen LogP contribution in [0.3, 0.4) is 0 Å². The molecule has 1 heterocycles. The zero-order chi connectivity index (χ0) is 17.1. The van der Waals surface area contributed by atoms with Crippen LogP contribution in [0.15, 0.2) is 70.3 Å². The van der Waals surface area contributed by atoms with Gasteiger partial charge in [-0.25, -0.2) is 0 Å². The average molecular weight is 402 g/mol. The second-order valence-corrected chi connectivity index (χ2v) is 6.77. The molecule has 0 bridgehead atoms. The minimum atomic E-state index is -0.282. The first kappa shape index (κ1) is 16.7. The first-order valence-electron chi connectivity index (χ1n) is 7.45. The van der Waals surface area contributed by atoms with Gasteiger partial charge in [0.25, 0.3) is 5.91 Å². The van der Waals surface area contributed by atoms with E-state index < -0.39 is 0 Å². The molecule has 0 spiro atoms. The lowest BCUT2D eigenvalue weighted by Gasteiger charge is -2.30. The molecular weight excluding hydrogens is 386 g/mol. The Balaban J connectivity index is 1.92. The summed E-state index contributed by atoms with van der Waals surface area (Å²) in [4.78, 5) is 12.8. The van der Waals surface area contributed by atoms with Gasteiger partial charge in [-0.1, -0.05) is 46.3 Å². The van der Waals surface area contributed by atoms with Gasteiger partial charge < -0.3 is 16.0 Å². The predicted molar refractivity (Wildman–Crippen MR) is 104 cm³/mol. The molecule has 2 aromatic carbocycles. The van der Waals surface area contributed by atoms with E-state index in [1.807, 2.05) is 61.5 Å². The average Bonchev–Trinajstić information content (AvgIpc) is 2.57. The number of nitrogens with one attached hydrogen (secondary N) is 3. The van der Waals surface area contributed by atoms with E-state index in [0.717, 1.165) is 21.4 Å². The van der Waals surface area contributed by atoms with Crippen LogP contribution in [-0.4, -0.2) is 11.0 Å². The Bertz CT molecular complexity index is 803. The van der Waals surface area contributed by atoms with Crippen LogP contribution in [0.2, 0.25) is 0 Å². The van der Waals surface area contributed by atoms with Crippen molar-refractivity contribution in [2.75, 3.05) is 5.32 Å². The summed E-state index contributed by atoms with van der Waals surface area (Å²) in [6.07, 6.45) is 0. The van der Waals surface area contributed by atoms with Gasteiger partial charge in [0.1, 0.15) is 0 Å². The van der Waals surface area contributed by atoms with Crippen molar-refractivity contribution in [3.05, 3.63) is 75.9 Å². The molecule has 2 aromatic rings. The number of halogens is 1. The number of anilines is 1. The number of thiocarbonyl (C=S) groups is 1. The maximum absolute atomic E-state index is 12.8. The van der Waals surface area contributed by atoms with E-state index in [4.69, 9.17) is 12.2 Å². The van der Waals surface area contributed by atoms with Crippen molar-refractivity contribution in [1.82, 2.24) is 10.6 Å². The van der Waals surface area contributed by atoms with E-state index >= 15 is 0 Å². The van der Waals surface area contributed by atoms with Crippen LogP contribution in [0.4, 0.5) is 5.69 Å². The summed E-state index contributed by atoms with van der Waals surface area (Å²) in [6, 6.07) is 17.0. The molecule has 1 aliphatic rings. The molecule has 0 aromatic heterocycles. The van der Waals surface area contributed by atoms with Gasteiger partial charge in [-0.15, -0.1) is 0 Å². The van der Waals surface area contributed by atoms with Crippen LogP contribution in [0, 0.1) is 0 Å². The van der Waals surface area contributed by atoms with Gasteiger partial charge in [-0.05, 0) is 49.0 Å². The monoisotopic (exact) mass is 401 g/mol. The summed E-state index contributed by atoms with van der Waals surface area (Å²) in [5, 5.41) is 9.68. The molecule has 0 saturated heterocycles. The largest absolute Gasteiger partial charge is 0.351 e. The second-order valence-electron chi connectivity index (χ2n) is 5.44. The molecule has 0 unspecified atom stereocenters. The number of carbonyl (C=O) groups is 1. The standard InChI is InChI=1S/C18H16BrN3OS/c1-11-15(17(23)21-14-9-7-13(19)8-10-14)16(22-18(24)20-11)12-5-3-2-4-6-12/h2-10,16H,1H3,(H,21,23)(H2,20,22,24)/t16-/m0/s1. The second kappa shape index (κ2) is 7.15. The zero-order valence-electron chi connectivity index (χ0n) is 13.0. The van der Waals surface area contributed by atoms with Gasteiger partial charge in [0.2, 0.25) is 0 Å². The highest BCUT2D eigenvalue weighted by atomic mass is 79.9. The lowest BCUT2D eigenvalue weighted by atomic mass is 9.95. The van der Waals surface area contributed by atoms with Crippen LogP contribution in [-0.2, 0) is 4.79 Å². The number of hydrogen-bond donors (Lipinski definition) is 3. The summed E-state index contributed by atoms with van der Waals surface area (Å²) in [5.41, 5.74) is 3.10. The van der Waals surface area contributed by atoms with Crippen molar-refractivity contribution in [2.45, 2.75) is 13.0 Å². The van der Waals surface area contributed by atoms with Gasteiger partial charge in [-0.3, -0.25) is 4.79 Å². The summed E-state index contributed by atoms with van der Waals surface area (Å²) < 4.78 is 0.962. The molecule has 0 fully saturated rings. The van der Waals surface area contributed by atoms with Crippen molar-refractivity contribution in [3.8, 4) is 0 Å². The number of benzene rings is 2. The molecule has 0 saturated carbocycles. The predicted octanol–water partition coefficient (Wildman–Crippen LogP) is 3.88. The Labute approximate surface area is 154 Å². The van der Waals surface area contributed by atoms with E-state index in [9.17, 15) is 4.79 Å². The highest BCUT2D eigenvalue weighted by molar-refractivity contribution is 9.10. The van der Waals surface area contributed by atoms with Gasteiger partial charge in [0.15, 0.2) is 5.11 Å². The smallest absolute Gasteiger partial charge is 0.255 e. The van der Waals surface area contributed by atoms with Crippen LogP contribution in [0.1, 0.15) is 18.5 Å². The Hall–Kier alpha value is -2.18. The Morgan fingerprint density at radius 2 is 1.79 bits per heavy atom. The molecule has 0 radical (unpaired) electrons. The van der Waals surface area contributed by atoms with E-state index in [1.165, 1.54) is 0 Å². The van der Waals surface area contributed by atoms with Crippen LogP contribution < -0.4 is 16.0 Å². The van der Waals surface area contributed by atoms with Crippen LogP contribution >= 0.6 is 28.1 Å². The van der Waals surface area contributed by atoms with Crippen molar-refractivity contribution in [1.29, 1.82) is 0 Å². The van der Waals surface area contributed by atoms with Gasteiger partial charge in [0.05, 0.1) is 11.6 Å². The fourth-order valence-electron chi connectivity index (χ4n) is 2.62. The molecule has 4 nitrogen and oxygen atoms in total. The van der Waals surface area contributed by atoms with Crippen molar-refractivity contribution in [2.24, 2.45) is 0 Å². The Morgan fingerprint density at radius 3 is 2.46 bits per heavy atom. The quantitative estimate of drug-likeness (QED) is 0.683. The molecule has 0 aliphatic carbocycles. The van der Waals surface area contributed by atoms with Crippen molar-refractivity contribution >= 4 is 44.9 Å². The third kappa shape index (κ3) is 3.66. The summed E-state index contributed by atoms with van der Waals surface area (Å²) in [7, 11) is 0. The molecule has 122 valence electrons. The normalized spacial score (nSPS) is 17.1. The van der Waals surface area contributed by atoms with E-state index in [1.54, 1.807) is 0 Å². The molecule has 3 rings (SSSR count). The Kier molecular flexibility index (Phi) is 4.97. The van der Waals surface area contributed by atoms with E-state index in [2.05, 4.69) is 31.9 Å². The number of hydrogen-bond acceptors (Lipinski definition) is 2. The highest BCUT2D eigenvalue weighted by Crippen LogP contribution is 2.27. The lowest BCUT2D eigenvalue weighted by molar-refractivity contribution is -0.113. The topological polar surface area (TPSA) is 53.2 Å². The van der Waals surface area contributed by atoms with Gasteiger partial charge >= 0.3 is 0 Å². The number of carbonyl (C=O) groups excluding carboxylic acids is 1. The third-order valence-corrected chi connectivity index (χ3v) is 4.50. The maximum atomic E-state index is 12.8. The van der Waals surface area contributed by atoms with E-state index in [0.29, 0.717) is 10.7 Å². The molecule has 1 aliphatic heterocycles. The molecule has 1 amide bonds. The minimum absolute atomic E-state index is 0.161. The molecule has 24 heavy (non-hydrogen) atoms. The number of amides is 1. The van der Waals surface area contributed by atoms with Crippen molar-refractivity contribution < 1.29 is 4.79 Å². The summed E-state index contributed by atoms with van der Waals surface area (Å²) in [5.74, 6) is -0.161. The zero-order valence-corrected chi connectivity index (χ0v) is 15.4. The van der Waals surface area contributed by atoms with Crippen molar-refractivity contribution in [3.63, 3.8) is 0 Å². The van der Waals surface area contributed by atoms with Gasteiger partial charge in [-0.2, -0.15) is 0 Å². The third-order valence-electron chi connectivity index (χ3n) is 3.75. The van der Waals surface area contributed by atoms with Crippen LogP contribution in [0.25, 0.3) is 0 Å². The highest BCUT2D eigenvalue weighted by Gasteiger charge is 2.29. The number of rotatable bonds is 3.